The lowest BCUT2D eigenvalue weighted by atomic mass is 10.2. The van der Waals surface area contributed by atoms with E-state index in [0.29, 0.717) is 34.8 Å². The van der Waals surface area contributed by atoms with Gasteiger partial charge in [-0.15, -0.1) is 21.5 Å². The summed E-state index contributed by atoms with van der Waals surface area (Å²) in [6.07, 6.45) is 0. The fraction of sp³-hybridized carbons (Fsp3) is 0.188. The van der Waals surface area contributed by atoms with Crippen LogP contribution in [0, 0.1) is 0 Å². The molecule has 0 amide bonds. The van der Waals surface area contributed by atoms with Crippen LogP contribution in [0.4, 0.5) is 0 Å². The number of ether oxygens (including phenoxy) is 2. The van der Waals surface area contributed by atoms with Gasteiger partial charge in [0, 0.05) is 5.75 Å². The van der Waals surface area contributed by atoms with E-state index in [2.05, 4.69) is 14.9 Å². The highest BCUT2D eigenvalue weighted by molar-refractivity contribution is 7.99. The molecule has 8 heteroatoms. The zero-order valence-electron chi connectivity index (χ0n) is 12.8. The van der Waals surface area contributed by atoms with E-state index in [1.165, 1.54) is 18.9 Å². The van der Waals surface area contributed by atoms with Crippen LogP contribution in [0.5, 0.6) is 5.75 Å². The Morgan fingerprint density at radius 1 is 1.29 bits per heavy atom. The number of methoxy groups -OCH3 is 1. The summed E-state index contributed by atoms with van der Waals surface area (Å²) in [5.41, 5.74) is 0.458. The molecule has 0 fully saturated rings. The van der Waals surface area contributed by atoms with Gasteiger partial charge in [0.15, 0.2) is 0 Å². The van der Waals surface area contributed by atoms with Crippen molar-refractivity contribution in [1.82, 2.24) is 10.2 Å². The maximum absolute atomic E-state index is 11.5. The molecule has 0 bridgehead atoms. The van der Waals surface area contributed by atoms with E-state index in [9.17, 15) is 4.79 Å². The molecule has 0 saturated heterocycles. The number of nitrogens with zero attached hydrogens (tertiary/aromatic N) is 2. The van der Waals surface area contributed by atoms with Crippen molar-refractivity contribution in [3.05, 3.63) is 47.3 Å². The van der Waals surface area contributed by atoms with Gasteiger partial charge in [-0.05, 0) is 29.6 Å². The van der Waals surface area contributed by atoms with Gasteiger partial charge in [-0.1, -0.05) is 23.9 Å². The molecule has 3 aromatic rings. The Bertz CT molecular complexity index is 802. The van der Waals surface area contributed by atoms with E-state index in [1.807, 2.05) is 17.5 Å². The molecule has 0 spiro atoms. The van der Waals surface area contributed by atoms with Crippen LogP contribution in [-0.4, -0.2) is 35.6 Å². The SMILES string of the molecule is COC(=O)c1cccc(OCCSc2nnc(-c3cccs3)o2)c1. The Kier molecular flexibility index (Phi) is 5.50. The van der Waals surface area contributed by atoms with Gasteiger partial charge in [-0.25, -0.2) is 4.79 Å². The highest BCUT2D eigenvalue weighted by atomic mass is 32.2. The fourth-order valence-corrected chi connectivity index (χ4v) is 3.11. The van der Waals surface area contributed by atoms with Gasteiger partial charge in [0.05, 0.1) is 24.2 Å². The third kappa shape index (κ3) is 4.15. The van der Waals surface area contributed by atoms with Crippen LogP contribution < -0.4 is 4.74 Å². The van der Waals surface area contributed by atoms with E-state index in [1.54, 1.807) is 35.6 Å². The molecule has 0 aliphatic carbocycles. The number of carbonyl (C=O) groups is 1. The number of rotatable bonds is 7. The molecule has 0 N–H and O–H groups in total. The number of aromatic nitrogens is 2. The molecule has 0 unspecified atom stereocenters. The van der Waals surface area contributed by atoms with Gasteiger partial charge in [0.2, 0.25) is 0 Å². The smallest absolute Gasteiger partial charge is 0.337 e. The van der Waals surface area contributed by atoms with Crippen LogP contribution in [-0.2, 0) is 4.74 Å². The third-order valence-corrected chi connectivity index (χ3v) is 4.61. The van der Waals surface area contributed by atoms with Crippen molar-refractivity contribution in [2.24, 2.45) is 0 Å². The second-order valence-electron chi connectivity index (χ2n) is 4.57. The minimum atomic E-state index is -0.387. The first-order chi connectivity index (χ1) is 11.8. The Balaban J connectivity index is 1.48. The van der Waals surface area contributed by atoms with Crippen LogP contribution in [0.1, 0.15) is 10.4 Å². The maximum atomic E-state index is 11.5. The monoisotopic (exact) mass is 362 g/mol. The average Bonchev–Trinajstić information content (AvgIpc) is 3.29. The first-order valence-electron chi connectivity index (χ1n) is 7.07. The molecule has 0 atom stereocenters. The van der Waals surface area contributed by atoms with Crippen LogP contribution >= 0.6 is 23.1 Å². The van der Waals surface area contributed by atoms with Crippen molar-refractivity contribution in [2.75, 3.05) is 19.5 Å². The Labute approximate surface area is 146 Å². The highest BCUT2D eigenvalue weighted by Gasteiger charge is 2.10. The van der Waals surface area contributed by atoms with Crippen molar-refractivity contribution in [1.29, 1.82) is 0 Å². The van der Waals surface area contributed by atoms with Gasteiger partial charge in [-0.2, -0.15) is 0 Å². The zero-order chi connectivity index (χ0) is 16.8. The first-order valence-corrected chi connectivity index (χ1v) is 8.94. The number of carbonyl (C=O) groups excluding carboxylic acids is 1. The van der Waals surface area contributed by atoms with Gasteiger partial charge < -0.3 is 13.9 Å². The zero-order valence-corrected chi connectivity index (χ0v) is 14.4. The van der Waals surface area contributed by atoms with Crippen molar-refractivity contribution < 1.29 is 18.7 Å². The minimum absolute atomic E-state index is 0.387. The van der Waals surface area contributed by atoms with Gasteiger partial charge in [0.25, 0.3) is 11.1 Å². The predicted octanol–water partition coefficient (Wildman–Crippen LogP) is 3.76. The topological polar surface area (TPSA) is 74.5 Å². The van der Waals surface area contributed by atoms with E-state index >= 15 is 0 Å². The Morgan fingerprint density at radius 3 is 3.00 bits per heavy atom. The third-order valence-electron chi connectivity index (χ3n) is 2.97. The lowest BCUT2D eigenvalue weighted by Crippen LogP contribution is -2.03. The summed E-state index contributed by atoms with van der Waals surface area (Å²) in [6, 6.07) is 10.7. The molecule has 3 rings (SSSR count). The molecule has 1 aromatic carbocycles. The van der Waals surface area contributed by atoms with Crippen molar-refractivity contribution in [3.8, 4) is 16.5 Å². The fourth-order valence-electron chi connectivity index (χ4n) is 1.89. The van der Waals surface area contributed by atoms with Crippen LogP contribution in [0.15, 0.2) is 51.4 Å². The number of thiophene rings is 1. The molecule has 124 valence electrons. The molecule has 2 aromatic heterocycles. The summed E-state index contributed by atoms with van der Waals surface area (Å²) in [4.78, 5) is 12.4. The molecule has 0 aliphatic rings. The van der Waals surface area contributed by atoms with E-state index in [-0.39, 0.29) is 5.97 Å². The lowest BCUT2D eigenvalue weighted by molar-refractivity contribution is 0.0600. The number of benzene rings is 1. The second kappa shape index (κ2) is 7.98. The molecular weight excluding hydrogens is 348 g/mol. The molecule has 6 nitrogen and oxygen atoms in total. The number of esters is 1. The Hall–Kier alpha value is -2.32. The van der Waals surface area contributed by atoms with Crippen LogP contribution in [0.25, 0.3) is 10.8 Å². The number of thioether (sulfide) groups is 1. The first kappa shape index (κ1) is 16.5. The lowest BCUT2D eigenvalue weighted by Gasteiger charge is -2.06. The molecule has 0 saturated carbocycles. The van der Waals surface area contributed by atoms with Crippen molar-refractivity contribution in [2.45, 2.75) is 5.22 Å². The standard InChI is InChI=1S/C16H14N2O4S2/c1-20-15(19)11-4-2-5-12(10-11)21-7-9-24-16-18-17-14(22-16)13-6-3-8-23-13/h2-6,8,10H,7,9H2,1H3. The van der Waals surface area contributed by atoms with Gasteiger partial charge in [0.1, 0.15) is 5.75 Å². The van der Waals surface area contributed by atoms with Gasteiger partial charge in [-0.3, -0.25) is 0 Å². The highest BCUT2D eigenvalue weighted by Crippen LogP contribution is 2.26. The molecule has 0 radical (unpaired) electrons. The maximum Gasteiger partial charge on any atom is 0.337 e. The summed E-state index contributed by atoms with van der Waals surface area (Å²) in [5.74, 6) is 1.40. The summed E-state index contributed by atoms with van der Waals surface area (Å²) < 4.78 is 15.9. The molecule has 0 aliphatic heterocycles. The Morgan fingerprint density at radius 2 is 2.21 bits per heavy atom. The van der Waals surface area contributed by atoms with Crippen molar-refractivity contribution in [3.63, 3.8) is 0 Å². The largest absolute Gasteiger partial charge is 0.493 e. The summed E-state index contributed by atoms with van der Waals surface area (Å²) >= 11 is 2.97. The van der Waals surface area contributed by atoms with Crippen LogP contribution in [0.2, 0.25) is 0 Å². The van der Waals surface area contributed by atoms with E-state index in [4.69, 9.17) is 9.15 Å². The average molecular weight is 362 g/mol. The van der Waals surface area contributed by atoms with E-state index in [0.717, 1.165) is 4.88 Å². The number of hydrogen-bond acceptors (Lipinski definition) is 8. The molecule has 2 heterocycles. The quantitative estimate of drug-likeness (QED) is 0.360. The second-order valence-corrected chi connectivity index (χ2v) is 6.56. The molecule has 24 heavy (non-hydrogen) atoms. The van der Waals surface area contributed by atoms with E-state index < -0.39 is 0 Å². The summed E-state index contributed by atoms with van der Waals surface area (Å²) in [7, 11) is 1.35. The van der Waals surface area contributed by atoms with Crippen molar-refractivity contribution >= 4 is 29.1 Å². The summed E-state index contributed by atoms with van der Waals surface area (Å²) in [5, 5.41) is 10.5. The number of hydrogen-bond donors (Lipinski definition) is 0. The summed E-state index contributed by atoms with van der Waals surface area (Å²) in [6.45, 7) is 0.450. The van der Waals surface area contributed by atoms with Crippen LogP contribution in [0.3, 0.4) is 0 Å². The minimum Gasteiger partial charge on any atom is -0.493 e. The van der Waals surface area contributed by atoms with Gasteiger partial charge >= 0.3 is 5.97 Å². The normalized spacial score (nSPS) is 10.5. The predicted molar refractivity (Wildman–Crippen MR) is 91.6 cm³/mol. The molecular formula is C16H14N2O4S2.